The summed E-state index contributed by atoms with van der Waals surface area (Å²) in [5.41, 5.74) is 2.68. The molecule has 0 saturated carbocycles. The van der Waals surface area contributed by atoms with Crippen LogP contribution in [-0.4, -0.2) is 0 Å². The largest absolute Gasteiger partial charge is 0.0744 e. The lowest BCUT2D eigenvalue weighted by Gasteiger charge is -2.13. The zero-order chi connectivity index (χ0) is 18.4. The first-order valence-electron chi connectivity index (χ1n) is 9.38. The molecule has 0 heteroatoms. The minimum absolute atomic E-state index is 0.0395. The van der Waals surface area contributed by atoms with E-state index in [0.717, 1.165) is 0 Å². The molecule has 0 fully saturated rings. The van der Waals surface area contributed by atoms with Gasteiger partial charge in [0.05, 0.1) is 0 Å². The molecule has 2 aromatic rings. The van der Waals surface area contributed by atoms with Gasteiger partial charge >= 0.3 is 0 Å². The Morgan fingerprint density at radius 1 is 0.538 bits per heavy atom. The summed E-state index contributed by atoms with van der Waals surface area (Å²) >= 11 is 0. The van der Waals surface area contributed by atoms with Crippen LogP contribution in [-0.2, 0) is 0 Å². The zero-order valence-corrected chi connectivity index (χ0v) is 16.1. The highest BCUT2D eigenvalue weighted by molar-refractivity contribution is 5.99. The van der Waals surface area contributed by atoms with Crippen LogP contribution in [0.15, 0.2) is 72.8 Å². The summed E-state index contributed by atoms with van der Waals surface area (Å²) in [4.78, 5) is 0. The van der Waals surface area contributed by atoms with Crippen LogP contribution in [0.25, 0.3) is 23.3 Å². The zero-order valence-electron chi connectivity index (χ0n) is 16.1. The van der Waals surface area contributed by atoms with Crippen molar-refractivity contribution >= 4 is 23.3 Å². The second-order valence-electron chi connectivity index (χ2n) is 8.60. The first kappa shape index (κ1) is 16.8. The Morgan fingerprint density at radius 3 is 1.35 bits per heavy atom. The summed E-state index contributed by atoms with van der Waals surface area (Å²) in [5, 5.41) is 5.23. The normalized spacial score (nSPS) is 19.5. The highest BCUT2D eigenvalue weighted by atomic mass is 14.2. The molecule has 0 heterocycles. The van der Waals surface area contributed by atoms with Gasteiger partial charge in [-0.15, -0.1) is 0 Å². The van der Waals surface area contributed by atoms with Gasteiger partial charge in [0.25, 0.3) is 0 Å². The fourth-order valence-corrected chi connectivity index (χ4v) is 3.88. The standard InChI is InChI=1S/C26H26/c1-25(2)15-13-23(21-11-7-5-9-19(21)17-25)24-14-16-26(3,4)18-20-10-6-8-12-22(20)24/h5-18H,1-4H3. The summed E-state index contributed by atoms with van der Waals surface area (Å²) in [6.07, 6.45) is 14.0. The van der Waals surface area contributed by atoms with E-state index in [1.807, 2.05) is 0 Å². The van der Waals surface area contributed by atoms with Crippen molar-refractivity contribution < 1.29 is 0 Å². The molecule has 4 rings (SSSR count). The Bertz CT molecular complexity index is 1070. The SMILES string of the molecule is CC1(C)C=CC(C2=c3ccccc3=CC(C)(C)C=C2)=c2ccccc2=C1. The summed E-state index contributed by atoms with van der Waals surface area (Å²) in [5.74, 6) is 0. The van der Waals surface area contributed by atoms with Gasteiger partial charge in [-0.25, -0.2) is 0 Å². The van der Waals surface area contributed by atoms with Gasteiger partial charge in [0.15, 0.2) is 0 Å². The smallest absolute Gasteiger partial charge is 0.00169 e. The highest BCUT2D eigenvalue weighted by Crippen LogP contribution is 2.27. The summed E-state index contributed by atoms with van der Waals surface area (Å²) in [7, 11) is 0. The van der Waals surface area contributed by atoms with Crippen LogP contribution in [0.1, 0.15) is 27.7 Å². The molecule has 0 amide bonds. The van der Waals surface area contributed by atoms with Gasteiger partial charge in [-0.2, -0.15) is 0 Å². The van der Waals surface area contributed by atoms with Gasteiger partial charge in [-0.1, -0.05) is 113 Å². The molecule has 2 aliphatic rings. The Balaban J connectivity index is 2.17. The average molecular weight is 338 g/mol. The first-order chi connectivity index (χ1) is 12.3. The van der Waals surface area contributed by atoms with Gasteiger partial charge < -0.3 is 0 Å². The summed E-state index contributed by atoms with van der Waals surface area (Å²) < 4.78 is 0. The molecule has 0 bridgehead atoms. The Hall–Kier alpha value is -2.60. The van der Waals surface area contributed by atoms with E-state index in [9.17, 15) is 0 Å². The van der Waals surface area contributed by atoms with E-state index in [4.69, 9.17) is 0 Å². The van der Waals surface area contributed by atoms with Crippen LogP contribution >= 0.6 is 0 Å². The van der Waals surface area contributed by atoms with Gasteiger partial charge in [0.2, 0.25) is 0 Å². The van der Waals surface area contributed by atoms with E-state index in [2.05, 4.69) is 113 Å². The lowest BCUT2D eigenvalue weighted by atomic mass is 9.91. The monoisotopic (exact) mass is 338 g/mol. The van der Waals surface area contributed by atoms with E-state index >= 15 is 0 Å². The topological polar surface area (TPSA) is 0 Å². The van der Waals surface area contributed by atoms with Crippen molar-refractivity contribution in [2.75, 3.05) is 0 Å². The van der Waals surface area contributed by atoms with Crippen LogP contribution in [0.2, 0.25) is 0 Å². The van der Waals surface area contributed by atoms with Crippen molar-refractivity contribution in [1.29, 1.82) is 0 Å². The fourth-order valence-electron chi connectivity index (χ4n) is 3.88. The molecule has 0 spiro atoms. The molecule has 0 radical (unpaired) electrons. The van der Waals surface area contributed by atoms with Crippen LogP contribution in [0, 0.1) is 10.8 Å². The molecule has 0 nitrogen and oxygen atoms in total. The molecule has 0 saturated heterocycles. The van der Waals surface area contributed by atoms with Crippen LogP contribution in [0.3, 0.4) is 0 Å². The number of rotatable bonds is 1. The van der Waals surface area contributed by atoms with Gasteiger partial charge in [-0.05, 0) is 32.0 Å². The van der Waals surface area contributed by atoms with E-state index in [1.54, 1.807) is 0 Å². The lowest BCUT2D eigenvalue weighted by molar-refractivity contribution is 0.670. The molecule has 2 aliphatic carbocycles. The number of fused-ring (bicyclic) bond motifs is 2. The molecule has 130 valence electrons. The molecular formula is C26H26. The van der Waals surface area contributed by atoms with E-state index < -0.39 is 0 Å². The molecule has 0 unspecified atom stereocenters. The van der Waals surface area contributed by atoms with Gasteiger partial charge in [0, 0.05) is 10.8 Å². The maximum Gasteiger partial charge on any atom is 0.00169 e. The second-order valence-corrected chi connectivity index (χ2v) is 8.60. The number of allylic oxidation sites excluding steroid dienone is 4. The van der Waals surface area contributed by atoms with Crippen molar-refractivity contribution in [2.45, 2.75) is 27.7 Å². The molecular weight excluding hydrogens is 312 g/mol. The highest BCUT2D eigenvalue weighted by Gasteiger charge is 2.17. The predicted molar refractivity (Wildman–Crippen MR) is 113 cm³/mol. The maximum atomic E-state index is 2.37. The fraction of sp³-hybridized carbons (Fsp3) is 0.231. The first-order valence-corrected chi connectivity index (χ1v) is 9.38. The van der Waals surface area contributed by atoms with Gasteiger partial charge in [0.1, 0.15) is 0 Å². The lowest BCUT2D eigenvalue weighted by Crippen LogP contribution is -2.31. The molecule has 0 N–H and O–H groups in total. The van der Waals surface area contributed by atoms with Crippen molar-refractivity contribution in [2.24, 2.45) is 10.8 Å². The minimum atomic E-state index is 0.0395. The van der Waals surface area contributed by atoms with Crippen molar-refractivity contribution in [3.05, 3.63) is 93.7 Å². The Labute approximate surface area is 155 Å². The third kappa shape index (κ3) is 3.12. The van der Waals surface area contributed by atoms with Crippen LogP contribution in [0.5, 0.6) is 0 Å². The Morgan fingerprint density at radius 2 is 0.923 bits per heavy atom. The molecule has 2 aromatic carbocycles. The maximum absolute atomic E-state index is 2.37. The third-order valence-electron chi connectivity index (χ3n) is 5.21. The van der Waals surface area contributed by atoms with Crippen molar-refractivity contribution in [3.8, 4) is 0 Å². The van der Waals surface area contributed by atoms with E-state index in [0.29, 0.717) is 0 Å². The minimum Gasteiger partial charge on any atom is -0.0744 e. The third-order valence-corrected chi connectivity index (χ3v) is 5.21. The Kier molecular flexibility index (Phi) is 3.88. The number of hydrogen-bond donors (Lipinski definition) is 0. The van der Waals surface area contributed by atoms with E-state index in [-0.39, 0.29) is 10.8 Å². The van der Waals surface area contributed by atoms with Crippen LogP contribution in [0.4, 0.5) is 0 Å². The summed E-state index contributed by atoms with van der Waals surface area (Å²) in [6, 6.07) is 17.5. The average Bonchev–Trinajstić information content (AvgIpc) is 2.80. The number of benzene rings is 2. The molecule has 0 aliphatic heterocycles. The van der Waals surface area contributed by atoms with Crippen molar-refractivity contribution in [1.82, 2.24) is 0 Å². The quantitative estimate of drug-likeness (QED) is 0.747. The predicted octanol–water partition coefficient (Wildman–Crippen LogP) is 3.44. The molecule has 0 aromatic heterocycles. The van der Waals surface area contributed by atoms with Crippen molar-refractivity contribution in [3.63, 3.8) is 0 Å². The van der Waals surface area contributed by atoms with Gasteiger partial charge in [-0.3, -0.25) is 0 Å². The second kappa shape index (κ2) is 5.99. The number of hydrogen-bond acceptors (Lipinski definition) is 0. The van der Waals surface area contributed by atoms with Crippen LogP contribution < -0.4 is 20.9 Å². The van der Waals surface area contributed by atoms with E-state index in [1.165, 1.54) is 32.0 Å². The molecule has 0 atom stereocenters. The summed E-state index contributed by atoms with van der Waals surface area (Å²) in [6.45, 7) is 9.06. The molecule has 26 heavy (non-hydrogen) atoms.